The van der Waals surface area contributed by atoms with Crippen LogP contribution in [0.3, 0.4) is 0 Å². The van der Waals surface area contributed by atoms with Crippen LogP contribution in [-0.2, 0) is 0 Å². The number of rotatable bonds is 3. The largest absolute Gasteiger partial charge is 0.382 e. The molecule has 0 amide bonds. The van der Waals surface area contributed by atoms with Crippen molar-refractivity contribution in [3.05, 3.63) is 22.4 Å². The van der Waals surface area contributed by atoms with Crippen LogP contribution in [-0.4, -0.2) is 16.7 Å². The SMILES string of the molecule is CC.CC(=N)c1cnc(Br)cc1NC(C)C. The molecule has 4 heteroatoms. The Hall–Kier alpha value is -0.900. The van der Waals surface area contributed by atoms with E-state index in [0.29, 0.717) is 11.8 Å². The van der Waals surface area contributed by atoms with Gasteiger partial charge in [0.25, 0.3) is 0 Å². The van der Waals surface area contributed by atoms with Crippen LogP contribution in [0.25, 0.3) is 0 Å². The quantitative estimate of drug-likeness (QED) is 0.649. The molecule has 0 saturated heterocycles. The molecule has 0 saturated carbocycles. The molecule has 0 bridgehead atoms. The summed E-state index contributed by atoms with van der Waals surface area (Å²) < 4.78 is 0.783. The molecule has 0 radical (unpaired) electrons. The van der Waals surface area contributed by atoms with E-state index in [4.69, 9.17) is 5.41 Å². The molecular weight excluding hydrogens is 266 g/mol. The van der Waals surface area contributed by atoms with E-state index in [1.807, 2.05) is 19.9 Å². The van der Waals surface area contributed by atoms with Crippen molar-refractivity contribution in [1.29, 1.82) is 5.41 Å². The Balaban J connectivity index is 0.00000106. The fourth-order valence-electron chi connectivity index (χ4n) is 1.16. The predicted molar refractivity (Wildman–Crippen MR) is 74.5 cm³/mol. The Labute approximate surface area is 106 Å². The number of aromatic nitrogens is 1. The lowest BCUT2D eigenvalue weighted by molar-refractivity contribution is 0.897. The number of halogens is 1. The third kappa shape index (κ3) is 4.75. The third-order valence-corrected chi connectivity index (χ3v) is 2.15. The predicted octanol–water partition coefficient (Wildman–Crippen LogP) is 4.08. The summed E-state index contributed by atoms with van der Waals surface area (Å²) in [5.74, 6) is 0. The van der Waals surface area contributed by atoms with Gasteiger partial charge in [-0.3, -0.25) is 0 Å². The van der Waals surface area contributed by atoms with Crippen LogP contribution in [0.5, 0.6) is 0 Å². The van der Waals surface area contributed by atoms with Crippen LogP contribution >= 0.6 is 15.9 Å². The van der Waals surface area contributed by atoms with Crippen molar-refractivity contribution in [1.82, 2.24) is 4.98 Å². The molecule has 0 aliphatic carbocycles. The fraction of sp³-hybridized carbons (Fsp3) is 0.500. The van der Waals surface area contributed by atoms with Gasteiger partial charge >= 0.3 is 0 Å². The van der Waals surface area contributed by atoms with Crippen molar-refractivity contribution in [2.45, 2.75) is 40.7 Å². The molecule has 3 nitrogen and oxygen atoms in total. The number of hydrogen-bond donors (Lipinski definition) is 2. The Morgan fingerprint density at radius 1 is 1.44 bits per heavy atom. The van der Waals surface area contributed by atoms with Gasteiger partial charge in [-0.1, -0.05) is 13.8 Å². The maximum atomic E-state index is 7.60. The van der Waals surface area contributed by atoms with E-state index in [1.54, 1.807) is 13.1 Å². The van der Waals surface area contributed by atoms with Gasteiger partial charge in [0.15, 0.2) is 0 Å². The van der Waals surface area contributed by atoms with Gasteiger partial charge in [0.1, 0.15) is 4.60 Å². The molecule has 0 aliphatic heterocycles. The van der Waals surface area contributed by atoms with Gasteiger partial charge in [-0.2, -0.15) is 0 Å². The molecule has 1 aromatic rings. The number of anilines is 1. The van der Waals surface area contributed by atoms with Gasteiger partial charge in [-0.15, -0.1) is 0 Å². The zero-order valence-corrected chi connectivity index (χ0v) is 12.1. The number of hydrogen-bond acceptors (Lipinski definition) is 3. The van der Waals surface area contributed by atoms with Crippen molar-refractivity contribution >= 4 is 27.3 Å². The molecular formula is C12H20BrN3. The highest BCUT2D eigenvalue weighted by Crippen LogP contribution is 2.20. The van der Waals surface area contributed by atoms with Gasteiger partial charge in [-0.05, 0) is 42.8 Å². The number of pyridine rings is 1. The van der Waals surface area contributed by atoms with E-state index in [0.717, 1.165) is 15.9 Å². The van der Waals surface area contributed by atoms with Gasteiger partial charge in [-0.25, -0.2) is 4.98 Å². The minimum absolute atomic E-state index is 0.349. The summed E-state index contributed by atoms with van der Waals surface area (Å²) in [7, 11) is 0. The van der Waals surface area contributed by atoms with Crippen molar-refractivity contribution in [3.8, 4) is 0 Å². The summed E-state index contributed by atoms with van der Waals surface area (Å²) in [6, 6.07) is 2.25. The summed E-state index contributed by atoms with van der Waals surface area (Å²) >= 11 is 3.31. The first kappa shape index (κ1) is 15.1. The van der Waals surface area contributed by atoms with Gasteiger partial charge in [0, 0.05) is 29.2 Å². The molecule has 0 unspecified atom stereocenters. The van der Waals surface area contributed by atoms with Crippen LogP contribution in [0.4, 0.5) is 5.69 Å². The lowest BCUT2D eigenvalue weighted by Crippen LogP contribution is -2.13. The molecule has 2 N–H and O–H groups in total. The second-order valence-electron chi connectivity index (χ2n) is 3.48. The molecule has 0 aliphatic rings. The second-order valence-corrected chi connectivity index (χ2v) is 4.29. The fourth-order valence-corrected chi connectivity index (χ4v) is 1.49. The highest BCUT2D eigenvalue weighted by atomic mass is 79.9. The maximum absolute atomic E-state index is 7.60. The van der Waals surface area contributed by atoms with Crippen LogP contribution < -0.4 is 5.32 Å². The Morgan fingerprint density at radius 2 is 2.00 bits per heavy atom. The highest BCUT2D eigenvalue weighted by molar-refractivity contribution is 9.10. The normalized spacial score (nSPS) is 9.44. The molecule has 1 rings (SSSR count). The second kappa shape index (κ2) is 7.39. The summed E-state index contributed by atoms with van der Waals surface area (Å²) in [6.45, 7) is 9.89. The topological polar surface area (TPSA) is 48.8 Å². The van der Waals surface area contributed by atoms with E-state index < -0.39 is 0 Å². The van der Waals surface area contributed by atoms with E-state index in [-0.39, 0.29) is 0 Å². The molecule has 0 spiro atoms. The summed E-state index contributed by atoms with van der Waals surface area (Å²) in [5, 5.41) is 10.9. The van der Waals surface area contributed by atoms with Gasteiger partial charge < -0.3 is 10.7 Å². The highest BCUT2D eigenvalue weighted by Gasteiger charge is 2.06. The molecule has 16 heavy (non-hydrogen) atoms. The molecule has 0 fully saturated rings. The lowest BCUT2D eigenvalue weighted by atomic mass is 10.1. The Morgan fingerprint density at radius 3 is 2.44 bits per heavy atom. The van der Waals surface area contributed by atoms with Crippen molar-refractivity contribution in [2.24, 2.45) is 0 Å². The monoisotopic (exact) mass is 285 g/mol. The van der Waals surface area contributed by atoms with Crippen molar-refractivity contribution in [2.75, 3.05) is 5.32 Å². The van der Waals surface area contributed by atoms with E-state index in [9.17, 15) is 0 Å². The minimum atomic E-state index is 0.349. The number of nitrogens with one attached hydrogen (secondary N) is 2. The first-order valence-corrected chi connectivity index (χ1v) is 6.27. The molecule has 0 atom stereocenters. The maximum Gasteiger partial charge on any atom is 0.108 e. The molecule has 90 valence electrons. The average molecular weight is 286 g/mol. The Bertz CT molecular complexity index is 348. The van der Waals surface area contributed by atoms with Crippen LogP contribution in [0.15, 0.2) is 16.9 Å². The number of nitrogens with zero attached hydrogens (tertiary/aromatic N) is 1. The van der Waals surface area contributed by atoms with E-state index in [2.05, 4.69) is 40.1 Å². The third-order valence-electron chi connectivity index (χ3n) is 1.72. The summed E-state index contributed by atoms with van der Waals surface area (Å²) in [6.07, 6.45) is 1.71. The first-order chi connectivity index (χ1) is 7.50. The zero-order valence-electron chi connectivity index (χ0n) is 10.6. The molecule has 1 heterocycles. The average Bonchev–Trinajstić information content (AvgIpc) is 2.19. The van der Waals surface area contributed by atoms with E-state index >= 15 is 0 Å². The van der Waals surface area contributed by atoms with Crippen molar-refractivity contribution < 1.29 is 0 Å². The molecule has 0 aromatic carbocycles. The Kier molecular flexibility index (Phi) is 6.97. The summed E-state index contributed by atoms with van der Waals surface area (Å²) in [5.41, 5.74) is 2.32. The van der Waals surface area contributed by atoms with Gasteiger partial charge in [0.05, 0.1) is 0 Å². The van der Waals surface area contributed by atoms with Gasteiger partial charge in [0.2, 0.25) is 0 Å². The molecule has 1 aromatic heterocycles. The summed E-state index contributed by atoms with van der Waals surface area (Å²) in [4.78, 5) is 4.10. The smallest absolute Gasteiger partial charge is 0.108 e. The lowest BCUT2D eigenvalue weighted by Gasteiger charge is -2.13. The van der Waals surface area contributed by atoms with Crippen LogP contribution in [0.2, 0.25) is 0 Å². The van der Waals surface area contributed by atoms with Crippen LogP contribution in [0, 0.1) is 5.41 Å². The minimum Gasteiger partial charge on any atom is -0.382 e. The van der Waals surface area contributed by atoms with E-state index in [1.165, 1.54) is 0 Å². The van der Waals surface area contributed by atoms with Crippen molar-refractivity contribution in [3.63, 3.8) is 0 Å². The first-order valence-electron chi connectivity index (χ1n) is 5.48. The van der Waals surface area contributed by atoms with Crippen LogP contribution in [0.1, 0.15) is 40.2 Å². The zero-order chi connectivity index (χ0) is 12.7. The standard InChI is InChI=1S/C10H14BrN3.C2H6/c1-6(2)14-9-4-10(11)13-5-8(9)7(3)12;1-2/h4-6,12H,1-3H3,(H,13,14);1-2H3.